The molecule has 18 heavy (non-hydrogen) atoms. The van der Waals surface area contributed by atoms with Crippen LogP contribution >= 0.6 is 0 Å². The normalized spacial score (nSPS) is 11.9. The van der Waals surface area contributed by atoms with Crippen molar-refractivity contribution in [1.82, 2.24) is 4.57 Å². The van der Waals surface area contributed by atoms with E-state index in [4.69, 9.17) is 5.11 Å². The van der Waals surface area contributed by atoms with Gasteiger partial charge in [-0.05, 0) is 50.8 Å². The third kappa shape index (κ3) is 2.40. The van der Waals surface area contributed by atoms with Crippen LogP contribution in [-0.4, -0.2) is 15.6 Å². The quantitative estimate of drug-likeness (QED) is 0.896. The van der Waals surface area contributed by atoms with E-state index in [2.05, 4.69) is 35.8 Å². The summed E-state index contributed by atoms with van der Waals surface area (Å²) in [6.45, 7) is 6.34. The molecular formula is C15H19NO2. The van der Waals surface area contributed by atoms with Crippen molar-refractivity contribution in [2.75, 3.05) is 0 Å². The van der Waals surface area contributed by atoms with Crippen LogP contribution in [0, 0.1) is 12.3 Å². The number of aryl methyl sites for hydroxylation is 2. The molecule has 0 aliphatic rings. The van der Waals surface area contributed by atoms with Gasteiger partial charge < -0.3 is 9.67 Å². The number of hydrogen-bond donors (Lipinski definition) is 1. The standard InChI is InChI=1S/C15H19NO2/c1-11-4-5-13-12(10-11)6-8-16(13)9-7-15(2,3)14(17)18/h4-6,8,10H,7,9H2,1-3H3,(H,17,18). The van der Waals surface area contributed by atoms with E-state index < -0.39 is 11.4 Å². The minimum Gasteiger partial charge on any atom is -0.481 e. The lowest BCUT2D eigenvalue weighted by Gasteiger charge is -2.19. The number of carboxylic acid groups (broad SMARTS) is 1. The topological polar surface area (TPSA) is 42.2 Å². The number of carbonyl (C=O) groups is 1. The molecular weight excluding hydrogens is 226 g/mol. The monoisotopic (exact) mass is 245 g/mol. The van der Waals surface area contributed by atoms with Crippen molar-refractivity contribution in [3.05, 3.63) is 36.0 Å². The lowest BCUT2D eigenvalue weighted by atomic mass is 9.89. The highest BCUT2D eigenvalue weighted by Crippen LogP contribution is 2.24. The van der Waals surface area contributed by atoms with Crippen LogP contribution in [0.25, 0.3) is 10.9 Å². The van der Waals surface area contributed by atoms with Crippen LogP contribution < -0.4 is 0 Å². The fraction of sp³-hybridized carbons (Fsp3) is 0.400. The van der Waals surface area contributed by atoms with Gasteiger partial charge in [0.2, 0.25) is 0 Å². The second-order valence-electron chi connectivity index (χ2n) is 5.51. The zero-order chi connectivity index (χ0) is 13.3. The van der Waals surface area contributed by atoms with E-state index in [1.54, 1.807) is 13.8 Å². The first kappa shape index (κ1) is 12.7. The summed E-state index contributed by atoms with van der Waals surface area (Å²) in [5.41, 5.74) is 1.73. The van der Waals surface area contributed by atoms with E-state index >= 15 is 0 Å². The Balaban J connectivity index is 2.20. The largest absolute Gasteiger partial charge is 0.481 e. The molecule has 1 heterocycles. The number of carboxylic acids is 1. The summed E-state index contributed by atoms with van der Waals surface area (Å²) in [6, 6.07) is 8.41. The third-order valence-corrected chi connectivity index (χ3v) is 3.48. The molecule has 0 aliphatic heterocycles. The van der Waals surface area contributed by atoms with Crippen molar-refractivity contribution >= 4 is 16.9 Å². The Hall–Kier alpha value is -1.77. The van der Waals surface area contributed by atoms with Gasteiger partial charge in [-0.2, -0.15) is 0 Å². The van der Waals surface area contributed by atoms with E-state index in [0.29, 0.717) is 6.42 Å². The van der Waals surface area contributed by atoms with E-state index in [-0.39, 0.29) is 0 Å². The Bertz CT molecular complexity index is 581. The molecule has 1 aromatic heterocycles. The van der Waals surface area contributed by atoms with Crippen molar-refractivity contribution < 1.29 is 9.90 Å². The van der Waals surface area contributed by atoms with Crippen LogP contribution in [0.5, 0.6) is 0 Å². The summed E-state index contributed by atoms with van der Waals surface area (Å²) in [7, 11) is 0. The summed E-state index contributed by atoms with van der Waals surface area (Å²) >= 11 is 0. The first-order valence-electron chi connectivity index (χ1n) is 6.19. The Morgan fingerprint density at radius 2 is 2.06 bits per heavy atom. The maximum absolute atomic E-state index is 11.1. The van der Waals surface area contributed by atoms with Gasteiger partial charge in [-0.1, -0.05) is 11.6 Å². The maximum Gasteiger partial charge on any atom is 0.309 e. The van der Waals surface area contributed by atoms with Crippen molar-refractivity contribution in [2.45, 2.75) is 33.7 Å². The summed E-state index contributed by atoms with van der Waals surface area (Å²) < 4.78 is 2.12. The average Bonchev–Trinajstić information content (AvgIpc) is 2.68. The van der Waals surface area contributed by atoms with Crippen molar-refractivity contribution in [3.63, 3.8) is 0 Å². The molecule has 0 fully saturated rings. The molecule has 3 heteroatoms. The second kappa shape index (κ2) is 4.48. The average molecular weight is 245 g/mol. The van der Waals surface area contributed by atoms with E-state index in [0.717, 1.165) is 6.54 Å². The molecule has 0 aliphatic carbocycles. The molecule has 1 N–H and O–H groups in total. The second-order valence-corrected chi connectivity index (χ2v) is 5.51. The SMILES string of the molecule is Cc1ccc2c(ccn2CCC(C)(C)C(=O)O)c1. The molecule has 3 nitrogen and oxygen atoms in total. The molecule has 0 saturated carbocycles. The number of nitrogens with zero attached hydrogens (tertiary/aromatic N) is 1. The summed E-state index contributed by atoms with van der Waals surface area (Å²) in [4.78, 5) is 11.1. The molecule has 0 saturated heterocycles. The van der Waals surface area contributed by atoms with E-state index in [1.807, 2.05) is 6.20 Å². The number of aromatic nitrogens is 1. The van der Waals surface area contributed by atoms with Gasteiger partial charge in [0.1, 0.15) is 0 Å². The lowest BCUT2D eigenvalue weighted by molar-refractivity contribution is -0.147. The first-order chi connectivity index (χ1) is 8.40. The van der Waals surface area contributed by atoms with Gasteiger partial charge in [-0.25, -0.2) is 0 Å². The van der Waals surface area contributed by atoms with Crippen LogP contribution in [0.4, 0.5) is 0 Å². The first-order valence-corrected chi connectivity index (χ1v) is 6.19. The minimum absolute atomic E-state index is 0.625. The number of fused-ring (bicyclic) bond motifs is 1. The maximum atomic E-state index is 11.1. The van der Waals surface area contributed by atoms with Gasteiger partial charge >= 0.3 is 5.97 Å². The van der Waals surface area contributed by atoms with Crippen LogP contribution in [-0.2, 0) is 11.3 Å². The summed E-state index contributed by atoms with van der Waals surface area (Å²) in [6.07, 6.45) is 2.65. The molecule has 0 amide bonds. The highest BCUT2D eigenvalue weighted by atomic mass is 16.4. The molecule has 2 rings (SSSR count). The summed E-state index contributed by atoms with van der Waals surface area (Å²) in [5, 5.41) is 10.3. The smallest absolute Gasteiger partial charge is 0.309 e. The summed E-state index contributed by atoms with van der Waals surface area (Å²) in [5.74, 6) is -0.741. The van der Waals surface area contributed by atoms with Crippen molar-refractivity contribution in [3.8, 4) is 0 Å². The molecule has 0 unspecified atom stereocenters. The van der Waals surface area contributed by atoms with Crippen molar-refractivity contribution in [1.29, 1.82) is 0 Å². The zero-order valence-electron chi connectivity index (χ0n) is 11.1. The Morgan fingerprint density at radius 1 is 1.33 bits per heavy atom. The predicted molar refractivity (Wildman–Crippen MR) is 72.7 cm³/mol. The van der Waals surface area contributed by atoms with Gasteiger partial charge in [0.05, 0.1) is 5.41 Å². The van der Waals surface area contributed by atoms with Gasteiger partial charge in [0.25, 0.3) is 0 Å². The predicted octanol–water partition coefficient (Wildman–Crippen LogP) is 3.45. The number of aliphatic carboxylic acids is 1. The van der Waals surface area contributed by atoms with E-state index in [1.165, 1.54) is 16.5 Å². The number of hydrogen-bond acceptors (Lipinski definition) is 1. The van der Waals surface area contributed by atoms with Crippen LogP contribution in [0.15, 0.2) is 30.5 Å². The van der Waals surface area contributed by atoms with Crippen molar-refractivity contribution in [2.24, 2.45) is 5.41 Å². The minimum atomic E-state index is -0.741. The molecule has 2 aromatic rings. The van der Waals surface area contributed by atoms with Gasteiger partial charge in [-0.15, -0.1) is 0 Å². The molecule has 0 radical (unpaired) electrons. The van der Waals surface area contributed by atoms with Gasteiger partial charge in [0, 0.05) is 18.3 Å². The lowest BCUT2D eigenvalue weighted by Crippen LogP contribution is -2.25. The molecule has 1 aromatic carbocycles. The molecule has 96 valence electrons. The van der Waals surface area contributed by atoms with Gasteiger partial charge in [0.15, 0.2) is 0 Å². The highest BCUT2D eigenvalue weighted by molar-refractivity contribution is 5.80. The molecule has 0 bridgehead atoms. The zero-order valence-corrected chi connectivity index (χ0v) is 11.1. The van der Waals surface area contributed by atoms with E-state index in [9.17, 15) is 4.79 Å². The third-order valence-electron chi connectivity index (χ3n) is 3.48. The fourth-order valence-corrected chi connectivity index (χ4v) is 2.02. The Labute approximate surface area is 107 Å². The highest BCUT2D eigenvalue weighted by Gasteiger charge is 2.26. The fourth-order valence-electron chi connectivity index (χ4n) is 2.02. The van der Waals surface area contributed by atoms with Crippen LogP contribution in [0.3, 0.4) is 0 Å². The number of rotatable bonds is 4. The van der Waals surface area contributed by atoms with Gasteiger partial charge in [-0.3, -0.25) is 4.79 Å². The Kier molecular flexibility index (Phi) is 3.16. The Morgan fingerprint density at radius 3 is 2.72 bits per heavy atom. The molecule has 0 atom stereocenters. The molecule has 0 spiro atoms. The van der Waals surface area contributed by atoms with Crippen LogP contribution in [0.2, 0.25) is 0 Å². The number of benzene rings is 1. The van der Waals surface area contributed by atoms with Crippen LogP contribution in [0.1, 0.15) is 25.8 Å².